The van der Waals surface area contributed by atoms with Gasteiger partial charge in [0.15, 0.2) is 6.29 Å². The van der Waals surface area contributed by atoms with Gasteiger partial charge in [-0.15, -0.1) is 11.8 Å². The van der Waals surface area contributed by atoms with E-state index in [0.29, 0.717) is 48.6 Å². The second-order valence-electron chi connectivity index (χ2n) is 9.95. The molecule has 4 rings (SSSR count). The number of ether oxygens (including phenoxy) is 2. The molecule has 2 aromatic carbocycles. The zero-order chi connectivity index (χ0) is 29.9. The van der Waals surface area contributed by atoms with Crippen molar-refractivity contribution in [2.45, 2.75) is 68.7 Å². The molecular formula is C31H34N2O8S. The summed E-state index contributed by atoms with van der Waals surface area (Å²) < 4.78 is 12.7. The summed E-state index contributed by atoms with van der Waals surface area (Å²) in [5.74, 6) is -1.55. The minimum absolute atomic E-state index is 0.0552. The predicted molar refractivity (Wildman–Crippen MR) is 156 cm³/mol. The monoisotopic (exact) mass is 594 g/mol. The minimum Gasteiger partial charge on any atom is -0.481 e. The Morgan fingerprint density at radius 1 is 0.905 bits per heavy atom. The predicted octanol–water partition coefficient (Wildman–Crippen LogP) is 5.58. The van der Waals surface area contributed by atoms with Crippen molar-refractivity contribution in [3.63, 3.8) is 0 Å². The molecule has 11 heteroatoms. The average molecular weight is 595 g/mol. The number of carbonyl (C=O) groups excluding carboxylic acids is 1. The highest BCUT2D eigenvalue weighted by molar-refractivity contribution is 7.99. The molecule has 42 heavy (non-hydrogen) atoms. The van der Waals surface area contributed by atoms with Crippen molar-refractivity contribution in [1.82, 2.24) is 4.98 Å². The number of hydrogen-bond donors (Lipinski definition) is 4. The van der Waals surface area contributed by atoms with E-state index in [1.165, 1.54) is 17.8 Å². The van der Waals surface area contributed by atoms with E-state index in [2.05, 4.69) is 10.3 Å². The van der Waals surface area contributed by atoms with Crippen LogP contribution in [-0.2, 0) is 25.7 Å². The van der Waals surface area contributed by atoms with Gasteiger partial charge in [0.25, 0.3) is 0 Å². The molecule has 4 N–H and O–H groups in total. The van der Waals surface area contributed by atoms with Gasteiger partial charge in [-0.05, 0) is 48.2 Å². The standard InChI is InChI=1S/C31H34N2O8S/c34-18-20-8-10-21(11-9-20)26-17-24(19-42-29-25(30(38)39)5-4-16-32-29)40-31(41-26)22-12-14-23(15-13-22)33-27(35)6-2-1-3-7-28(36)37/h4-5,8-16,24,26,31,34H,1-3,6-7,17-19H2,(H,33,35)(H,36,37)(H,38,39). The number of benzene rings is 2. The highest BCUT2D eigenvalue weighted by Gasteiger charge is 2.32. The molecule has 1 aromatic heterocycles. The lowest BCUT2D eigenvalue weighted by Crippen LogP contribution is -2.31. The largest absolute Gasteiger partial charge is 0.481 e. The molecule has 3 atom stereocenters. The number of carbonyl (C=O) groups is 3. The van der Waals surface area contributed by atoms with E-state index in [1.54, 1.807) is 24.4 Å². The van der Waals surface area contributed by atoms with Gasteiger partial charge in [-0.1, -0.05) is 42.8 Å². The van der Waals surface area contributed by atoms with E-state index in [0.717, 1.165) is 16.7 Å². The molecule has 0 bridgehead atoms. The third kappa shape index (κ3) is 9.12. The SMILES string of the molecule is O=C(O)CCCCCC(=O)Nc1ccc(C2OC(CSc3ncccc3C(=O)O)CC(c3ccc(CO)cc3)O2)cc1. The second kappa shape index (κ2) is 15.5. The maximum absolute atomic E-state index is 12.3. The van der Waals surface area contributed by atoms with Gasteiger partial charge in [-0.2, -0.15) is 0 Å². The van der Waals surface area contributed by atoms with Gasteiger partial charge in [0, 0.05) is 42.5 Å². The van der Waals surface area contributed by atoms with Crippen LogP contribution in [0, 0.1) is 0 Å². The number of carboxylic acid groups (broad SMARTS) is 2. The Morgan fingerprint density at radius 3 is 2.31 bits per heavy atom. The zero-order valence-corrected chi connectivity index (χ0v) is 23.8. The van der Waals surface area contributed by atoms with Crippen molar-refractivity contribution in [3.05, 3.63) is 89.1 Å². The Morgan fingerprint density at radius 2 is 1.62 bits per heavy atom. The normalized spacial score (nSPS) is 18.4. The average Bonchev–Trinajstić information content (AvgIpc) is 3.00. The van der Waals surface area contributed by atoms with Crippen LogP contribution in [0.15, 0.2) is 71.9 Å². The molecule has 0 spiro atoms. The van der Waals surface area contributed by atoms with Gasteiger partial charge in [-0.25, -0.2) is 9.78 Å². The Balaban J connectivity index is 1.42. The summed E-state index contributed by atoms with van der Waals surface area (Å²) >= 11 is 1.32. The summed E-state index contributed by atoms with van der Waals surface area (Å²) in [7, 11) is 0. The smallest absolute Gasteiger partial charge is 0.338 e. The van der Waals surface area contributed by atoms with Gasteiger partial charge < -0.3 is 30.1 Å². The van der Waals surface area contributed by atoms with Crippen molar-refractivity contribution < 1.29 is 39.2 Å². The quantitative estimate of drug-likeness (QED) is 0.137. The van der Waals surface area contributed by atoms with Crippen molar-refractivity contribution in [1.29, 1.82) is 0 Å². The zero-order valence-electron chi connectivity index (χ0n) is 23.0. The fraction of sp³-hybridized carbons (Fsp3) is 0.355. The molecule has 1 aliphatic rings. The van der Waals surface area contributed by atoms with Crippen LogP contribution in [0.5, 0.6) is 0 Å². The van der Waals surface area contributed by atoms with Crippen molar-refractivity contribution in [2.75, 3.05) is 11.1 Å². The Bertz CT molecular complexity index is 1350. The number of aliphatic hydroxyl groups excluding tert-OH is 1. The maximum Gasteiger partial charge on any atom is 0.338 e. The van der Waals surface area contributed by atoms with E-state index < -0.39 is 18.2 Å². The van der Waals surface area contributed by atoms with E-state index in [4.69, 9.17) is 14.6 Å². The van der Waals surface area contributed by atoms with Gasteiger partial charge in [-0.3, -0.25) is 9.59 Å². The number of rotatable bonds is 14. The summed E-state index contributed by atoms with van der Waals surface area (Å²) in [5.41, 5.74) is 3.26. The van der Waals surface area contributed by atoms with E-state index in [9.17, 15) is 24.6 Å². The third-order valence-corrected chi connectivity index (χ3v) is 7.92. The topological polar surface area (TPSA) is 155 Å². The van der Waals surface area contributed by atoms with Crippen LogP contribution in [0.3, 0.4) is 0 Å². The van der Waals surface area contributed by atoms with Crippen LogP contribution in [-0.4, -0.2) is 50.0 Å². The summed E-state index contributed by atoms with van der Waals surface area (Å²) in [6.07, 6.45) is 3.09. The number of hydrogen-bond acceptors (Lipinski definition) is 8. The van der Waals surface area contributed by atoms with Crippen LogP contribution in [0.2, 0.25) is 0 Å². The first-order valence-electron chi connectivity index (χ1n) is 13.8. The number of aromatic carboxylic acids is 1. The van der Waals surface area contributed by atoms with Gasteiger partial charge in [0.05, 0.1) is 24.4 Å². The molecule has 0 aliphatic carbocycles. The lowest BCUT2D eigenvalue weighted by Gasteiger charge is -2.36. The van der Waals surface area contributed by atoms with Crippen molar-refractivity contribution >= 4 is 35.3 Å². The molecule has 1 fully saturated rings. The number of amides is 1. The molecule has 0 radical (unpaired) electrons. The molecule has 10 nitrogen and oxygen atoms in total. The molecule has 0 saturated carbocycles. The minimum atomic E-state index is -1.04. The summed E-state index contributed by atoms with van der Waals surface area (Å²) in [6.45, 7) is -0.0552. The molecule has 3 unspecified atom stereocenters. The van der Waals surface area contributed by atoms with Crippen LogP contribution >= 0.6 is 11.8 Å². The number of aliphatic carboxylic acids is 1. The molecule has 1 saturated heterocycles. The van der Waals surface area contributed by atoms with Crippen LogP contribution in [0.4, 0.5) is 5.69 Å². The molecule has 3 aromatic rings. The lowest BCUT2D eigenvalue weighted by molar-refractivity contribution is -0.245. The first kappa shape index (κ1) is 31.2. The molecule has 1 aliphatic heterocycles. The van der Waals surface area contributed by atoms with Crippen molar-refractivity contribution in [2.24, 2.45) is 0 Å². The number of pyridine rings is 1. The number of thioether (sulfide) groups is 1. The van der Waals surface area contributed by atoms with Gasteiger partial charge >= 0.3 is 11.9 Å². The van der Waals surface area contributed by atoms with Crippen molar-refractivity contribution in [3.8, 4) is 0 Å². The number of nitrogens with one attached hydrogen (secondary N) is 1. The number of unbranched alkanes of at least 4 members (excludes halogenated alkanes) is 2. The van der Waals surface area contributed by atoms with Crippen LogP contribution in [0.1, 0.15) is 78.0 Å². The van der Waals surface area contributed by atoms with E-state index in [-0.39, 0.29) is 36.7 Å². The number of aliphatic hydroxyl groups is 1. The number of carboxylic acids is 2. The van der Waals surface area contributed by atoms with E-state index >= 15 is 0 Å². The molecule has 2 heterocycles. The Hall–Kier alpha value is -3.77. The van der Waals surface area contributed by atoms with Gasteiger partial charge in [0.2, 0.25) is 5.91 Å². The molecule has 1 amide bonds. The fourth-order valence-electron chi connectivity index (χ4n) is 4.55. The highest BCUT2D eigenvalue weighted by atomic mass is 32.2. The first-order valence-corrected chi connectivity index (χ1v) is 14.7. The summed E-state index contributed by atoms with van der Waals surface area (Å²) in [4.78, 5) is 38.8. The molecule has 222 valence electrons. The fourth-order valence-corrected chi connectivity index (χ4v) is 5.55. The summed E-state index contributed by atoms with van der Waals surface area (Å²) in [6, 6.07) is 17.9. The Kier molecular flexibility index (Phi) is 11.5. The molecular weight excluding hydrogens is 560 g/mol. The van der Waals surface area contributed by atoms with Crippen LogP contribution < -0.4 is 5.32 Å². The second-order valence-corrected chi connectivity index (χ2v) is 11.0. The first-order chi connectivity index (χ1) is 20.3. The lowest BCUT2D eigenvalue weighted by atomic mass is 10.0. The number of anilines is 1. The third-order valence-electron chi connectivity index (χ3n) is 6.78. The van der Waals surface area contributed by atoms with Crippen LogP contribution in [0.25, 0.3) is 0 Å². The van der Waals surface area contributed by atoms with E-state index in [1.807, 2.05) is 36.4 Å². The number of aromatic nitrogens is 1. The number of nitrogens with zero attached hydrogens (tertiary/aromatic N) is 1. The van der Waals surface area contributed by atoms with Gasteiger partial charge in [0.1, 0.15) is 5.03 Å². The summed E-state index contributed by atoms with van der Waals surface area (Å²) in [5, 5.41) is 30.9. The Labute approximate surface area is 248 Å². The highest BCUT2D eigenvalue weighted by Crippen LogP contribution is 2.39. The maximum atomic E-state index is 12.3.